The van der Waals surface area contributed by atoms with Crippen LogP contribution in [0.5, 0.6) is 5.75 Å². The molecule has 2 heterocycles. The van der Waals surface area contributed by atoms with Gasteiger partial charge in [-0.05, 0) is 0 Å². The van der Waals surface area contributed by atoms with Crippen molar-refractivity contribution in [3.63, 3.8) is 0 Å². The number of ether oxygens (including phenoxy) is 1. The maximum absolute atomic E-state index is 12.0. The van der Waals surface area contributed by atoms with Crippen LogP contribution in [-0.4, -0.2) is 30.0 Å². The molecule has 1 aromatic carbocycles. The second-order valence-corrected chi connectivity index (χ2v) is 6.42. The monoisotopic (exact) mass is 429 g/mol. The Morgan fingerprint density at radius 3 is 1.77 bits per heavy atom. The van der Waals surface area contributed by atoms with Gasteiger partial charge < -0.3 is 4.74 Å². The number of non-ortho nitro benzene ring substituents is 1. The summed E-state index contributed by atoms with van der Waals surface area (Å²) in [5, 5.41) is 11.4. The Balaban J connectivity index is 2.20. The molecule has 3 aromatic rings. The number of hydrogen-bond donors (Lipinski definition) is 2. The number of nitro benzene ring substituents is 1. The van der Waals surface area contributed by atoms with Crippen LogP contribution in [0.15, 0.2) is 55.8 Å². The van der Waals surface area contributed by atoms with Crippen molar-refractivity contribution >= 4 is 11.7 Å². The summed E-state index contributed by atoms with van der Waals surface area (Å²) in [6.07, 6.45) is 2.37. The van der Waals surface area contributed by atoms with Crippen molar-refractivity contribution < 1.29 is 14.5 Å². The number of carbonyl (C=O) groups excluding carboxylic acids is 1. The molecular formula is C18H15N5O8. The fraction of sp³-hybridized carbons (Fsp3) is 0.167. The van der Waals surface area contributed by atoms with Crippen LogP contribution in [0.2, 0.25) is 0 Å². The van der Waals surface area contributed by atoms with Crippen molar-refractivity contribution in [1.29, 1.82) is 0 Å². The second kappa shape index (κ2) is 8.44. The van der Waals surface area contributed by atoms with Crippen molar-refractivity contribution in [2.75, 3.05) is 0 Å². The smallest absolute Gasteiger partial charge is 0.328 e. The van der Waals surface area contributed by atoms with Crippen molar-refractivity contribution in [1.82, 2.24) is 19.1 Å². The fourth-order valence-electron chi connectivity index (χ4n) is 2.86. The highest BCUT2D eigenvalue weighted by molar-refractivity contribution is 5.71. The number of rotatable bonds is 6. The number of hydrogen-bond acceptors (Lipinski definition) is 8. The maximum atomic E-state index is 12.0. The Bertz CT molecular complexity index is 1320. The van der Waals surface area contributed by atoms with Gasteiger partial charge in [0.15, 0.2) is 0 Å². The lowest BCUT2D eigenvalue weighted by Crippen LogP contribution is -2.30. The maximum Gasteiger partial charge on any atom is 0.328 e. The van der Waals surface area contributed by atoms with Gasteiger partial charge in [0.2, 0.25) is 0 Å². The SMILES string of the molecule is CC(=O)Oc1c(Cn2ccc(=O)[nH]c2=O)cc([N+](=O)[O-])cc1Cn1ccc(=O)[nH]c1=O. The summed E-state index contributed by atoms with van der Waals surface area (Å²) in [4.78, 5) is 73.2. The summed E-state index contributed by atoms with van der Waals surface area (Å²) >= 11 is 0. The van der Waals surface area contributed by atoms with E-state index in [1.165, 1.54) is 12.4 Å². The third-order valence-corrected chi connectivity index (χ3v) is 4.16. The predicted molar refractivity (Wildman–Crippen MR) is 105 cm³/mol. The van der Waals surface area contributed by atoms with Crippen molar-refractivity contribution in [3.05, 3.63) is 99.6 Å². The third kappa shape index (κ3) is 4.90. The topological polar surface area (TPSA) is 179 Å². The average Bonchev–Trinajstić information content (AvgIpc) is 2.67. The van der Waals surface area contributed by atoms with E-state index in [0.29, 0.717) is 0 Å². The van der Waals surface area contributed by atoms with Gasteiger partial charge in [-0.25, -0.2) is 9.59 Å². The van der Waals surface area contributed by atoms with Crippen molar-refractivity contribution in [2.45, 2.75) is 20.0 Å². The van der Waals surface area contributed by atoms with E-state index in [4.69, 9.17) is 4.74 Å². The number of aromatic amines is 2. The van der Waals surface area contributed by atoms with Crippen LogP contribution in [0.3, 0.4) is 0 Å². The number of H-pyrrole nitrogens is 2. The van der Waals surface area contributed by atoms with E-state index in [0.717, 1.165) is 40.3 Å². The largest absolute Gasteiger partial charge is 0.426 e. The summed E-state index contributed by atoms with van der Waals surface area (Å²) in [6.45, 7) is 0.578. The normalized spacial score (nSPS) is 10.6. The van der Waals surface area contributed by atoms with Crippen LogP contribution in [0.1, 0.15) is 18.1 Å². The number of esters is 1. The number of aromatic nitrogens is 4. The zero-order chi connectivity index (χ0) is 22.7. The number of carbonyl (C=O) groups is 1. The zero-order valence-electron chi connectivity index (χ0n) is 16.0. The van der Waals surface area contributed by atoms with Gasteiger partial charge >= 0.3 is 17.3 Å². The lowest BCUT2D eigenvalue weighted by Gasteiger charge is -2.16. The van der Waals surface area contributed by atoms with E-state index in [9.17, 15) is 34.1 Å². The Labute approximate surface area is 171 Å². The lowest BCUT2D eigenvalue weighted by atomic mass is 10.1. The standard InChI is InChI=1S/C18H15N5O8/c1-10(24)31-16-11(8-21-4-2-14(25)19-17(21)27)6-13(23(29)30)7-12(16)9-22-5-3-15(26)20-18(22)28/h2-7H,8-9H2,1H3,(H,19,25,27)(H,20,26,28). The van der Waals surface area contributed by atoms with Gasteiger partial charge in [-0.2, -0.15) is 0 Å². The second-order valence-electron chi connectivity index (χ2n) is 6.42. The van der Waals surface area contributed by atoms with Crippen LogP contribution in [0.25, 0.3) is 0 Å². The van der Waals surface area contributed by atoms with Crippen molar-refractivity contribution in [2.24, 2.45) is 0 Å². The number of nitrogens with one attached hydrogen (secondary N) is 2. The molecule has 0 saturated heterocycles. The first-order chi connectivity index (χ1) is 14.6. The van der Waals surface area contributed by atoms with Gasteiger partial charge in [-0.1, -0.05) is 0 Å². The molecule has 0 spiro atoms. The fourth-order valence-corrected chi connectivity index (χ4v) is 2.86. The van der Waals surface area contributed by atoms with Gasteiger partial charge in [0, 0.05) is 54.7 Å². The molecule has 0 aliphatic heterocycles. The van der Waals surface area contributed by atoms with Gasteiger partial charge in [0.1, 0.15) is 5.75 Å². The lowest BCUT2D eigenvalue weighted by molar-refractivity contribution is -0.385. The highest BCUT2D eigenvalue weighted by Crippen LogP contribution is 2.31. The number of nitrogens with zero attached hydrogens (tertiary/aromatic N) is 3. The molecule has 0 unspecified atom stereocenters. The summed E-state index contributed by atoms with van der Waals surface area (Å²) in [6, 6.07) is 4.42. The molecule has 0 radical (unpaired) electrons. The molecule has 0 amide bonds. The minimum Gasteiger partial charge on any atom is -0.426 e. The van der Waals surface area contributed by atoms with Gasteiger partial charge in [0.25, 0.3) is 16.8 Å². The molecule has 2 aromatic heterocycles. The van der Waals surface area contributed by atoms with Crippen LogP contribution < -0.4 is 27.2 Å². The summed E-state index contributed by atoms with van der Waals surface area (Å²) in [5.41, 5.74) is -3.00. The Morgan fingerprint density at radius 2 is 1.42 bits per heavy atom. The van der Waals surface area contributed by atoms with E-state index < -0.39 is 33.4 Å². The number of nitro groups is 1. The zero-order valence-corrected chi connectivity index (χ0v) is 16.0. The van der Waals surface area contributed by atoms with Crippen LogP contribution >= 0.6 is 0 Å². The molecular weight excluding hydrogens is 414 g/mol. The van der Waals surface area contributed by atoms with E-state index >= 15 is 0 Å². The minimum absolute atomic E-state index is 0.0886. The first-order valence-corrected chi connectivity index (χ1v) is 8.72. The molecule has 0 bridgehead atoms. The quantitative estimate of drug-likeness (QED) is 0.224. The molecule has 0 fully saturated rings. The molecule has 0 aliphatic rings. The molecule has 0 saturated carbocycles. The Hall–Kier alpha value is -4.55. The summed E-state index contributed by atoms with van der Waals surface area (Å²) < 4.78 is 7.36. The molecule has 3 rings (SSSR count). The number of benzene rings is 1. The average molecular weight is 429 g/mol. The summed E-state index contributed by atoms with van der Waals surface area (Å²) in [7, 11) is 0. The van der Waals surface area contributed by atoms with Crippen LogP contribution in [0.4, 0.5) is 5.69 Å². The highest BCUT2D eigenvalue weighted by atomic mass is 16.6. The summed E-state index contributed by atoms with van der Waals surface area (Å²) in [5.74, 6) is -0.826. The molecule has 160 valence electrons. The van der Waals surface area contributed by atoms with E-state index in [1.54, 1.807) is 0 Å². The van der Waals surface area contributed by atoms with Gasteiger partial charge in [-0.15, -0.1) is 0 Å². The van der Waals surface area contributed by atoms with Gasteiger partial charge in [0.05, 0.1) is 18.0 Å². The Kier molecular flexibility index (Phi) is 5.76. The molecule has 2 N–H and O–H groups in total. The van der Waals surface area contributed by atoms with Crippen LogP contribution in [0, 0.1) is 10.1 Å². The molecule has 13 heteroatoms. The molecule has 0 aliphatic carbocycles. The third-order valence-electron chi connectivity index (χ3n) is 4.16. The first-order valence-electron chi connectivity index (χ1n) is 8.72. The molecule has 13 nitrogen and oxygen atoms in total. The van der Waals surface area contributed by atoms with E-state index in [-0.39, 0.29) is 35.7 Å². The van der Waals surface area contributed by atoms with E-state index in [2.05, 4.69) is 9.97 Å². The Morgan fingerprint density at radius 1 is 0.968 bits per heavy atom. The van der Waals surface area contributed by atoms with Crippen LogP contribution in [-0.2, 0) is 17.9 Å². The first kappa shape index (κ1) is 21.2. The van der Waals surface area contributed by atoms with Gasteiger partial charge in [-0.3, -0.25) is 43.6 Å². The molecule has 0 atom stereocenters. The minimum atomic E-state index is -0.772. The van der Waals surface area contributed by atoms with E-state index in [1.807, 2.05) is 0 Å². The van der Waals surface area contributed by atoms with Crippen molar-refractivity contribution in [3.8, 4) is 5.75 Å². The molecule has 31 heavy (non-hydrogen) atoms. The predicted octanol–water partition coefficient (Wildman–Crippen LogP) is -0.683. The highest BCUT2D eigenvalue weighted by Gasteiger charge is 2.20.